The Morgan fingerprint density at radius 2 is 2.00 bits per heavy atom. The molecule has 1 aromatic heterocycles. The molecule has 4 heteroatoms. The SMILES string of the molecule is O=C(NCc1cnc[nH]1)C1(c2ccccc2)CCCC1. The molecule has 20 heavy (non-hydrogen) atoms. The summed E-state index contributed by atoms with van der Waals surface area (Å²) in [5.41, 5.74) is 1.72. The van der Waals surface area contributed by atoms with Crippen LogP contribution in [0, 0.1) is 0 Å². The number of imidazole rings is 1. The van der Waals surface area contributed by atoms with Gasteiger partial charge in [-0.3, -0.25) is 4.79 Å². The Hall–Kier alpha value is -2.10. The molecule has 2 N–H and O–H groups in total. The highest BCUT2D eigenvalue weighted by atomic mass is 16.2. The molecular formula is C16H19N3O. The number of hydrogen-bond acceptors (Lipinski definition) is 2. The molecule has 0 spiro atoms. The first-order valence-electron chi connectivity index (χ1n) is 7.12. The van der Waals surface area contributed by atoms with Crippen LogP contribution in [0.2, 0.25) is 0 Å². The zero-order valence-corrected chi connectivity index (χ0v) is 11.4. The van der Waals surface area contributed by atoms with Crippen molar-refractivity contribution in [1.29, 1.82) is 0 Å². The maximum absolute atomic E-state index is 12.7. The van der Waals surface area contributed by atoms with Gasteiger partial charge in [-0.15, -0.1) is 0 Å². The van der Waals surface area contributed by atoms with E-state index >= 15 is 0 Å². The molecule has 1 heterocycles. The van der Waals surface area contributed by atoms with Crippen molar-refractivity contribution in [3.8, 4) is 0 Å². The Bertz CT molecular complexity index is 557. The highest BCUT2D eigenvalue weighted by Crippen LogP contribution is 2.41. The van der Waals surface area contributed by atoms with Gasteiger partial charge >= 0.3 is 0 Å². The van der Waals surface area contributed by atoms with Crippen molar-refractivity contribution in [2.45, 2.75) is 37.6 Å². The number of nitrogens with zero attached hydrogens (tertiary/aromatic N) is 1. The Morgan fingerprint density at radius 1 is 1.25 bits per heavy atom. The lowest BCUT2D eigenvalue weighted by Crippen LogP contribution is -2.42. The summed E-state index contributed by atoms with van der Waals surface area (Å²) in [7, 11) is 0. The van der Waals surface area contributed by atoms with E-state index in [1.807, 2.05) is 18.2 Å². The molecule has 0 bridgehead atoms. The average Bonchev–Trinajstić information content (AvgIpc) is 3.18. The average molecular weight is 269 g/mol. The van der Waals surface area contributed by atoms with E-state index in [1.165, 1.54) is 0 Å². The van der Waals surface area contributed by atoms with Gasteiger partial charge in [0.2, 0.25) is 5.91 Å². The van der Waals surface area contributed by atoms with Crippen LogP contribution in [0.1, 0.15) is 36.9 Å². The Kier molecular flexibility index (Phi) is 3.54. The normalized spacial score (nSPS) is 17.0. The van der Waals surface area contributed by atoms with Crippen molar-refractivity contribution in [3.05, 3.63) is 54.1 Å². The predicted octanol–water partition coefficient (Wildman–Crippen LogP) is 2.54. The molecule has 0 atom stereocenters. The van der Waals surface area contributed by atoms with E-state index < -0.39 is 0 Å². The van der Waals surface area contributed by atoms with Crippen LogP contribution in [0.4, 0.5) is 0 Å². The van der Waals surface area contributed by atoms with E-state index in [9.17, 15) is 4.79 Å². The monoisotopic (exact) mass is 269 g/mol. The molecule has 1 aliphatic carbocycles. The minimum atomic E-state index is -0.346. The van der Waals surface area contributed by atoms with Crippen molar-refractivity contribution >= 4 is 5.91 Å². The number of aromatic amines is 1. The first kappa shape index (κ1) is 12.9. The summed E-state index contributed by atoms with van der Waals surface area (Å²) in [6.45, 7) is 0.507. The Morgan fingerprint density at radius 3 is 2.65 bits per heavy atom. The highest BCUT2D eigenvalue weighted by Gasteiger charge is 2.42. The van der Waals surface area contributed by atoms with Gasteiger partial charge in [-0.2, -0.15) is 0 Å². The number of H-pyrrole nitrogens is 1. The molecule has 1 amide bonds. The van der Waals surface area contributed by atoms with Gasteiger partial charge in [0, 0.05) is 6.20 Å². The highest BCUT2D eigenvalue weighted by molar-refractivity contribution is 5.88. The number of carbonyl (C=O) groups is 1. The molecule has 0 radical (unpaired) electrons. The number of hydrogen-bond donors (Lipinski definition) is 2. The van der Waals surface area contributed by atoms with Gasteiger partial charge in [0.15, 0.2) is 0 Å². The van der Waals surface area contributed by atoms with E-state index in [1.54, 1.807) is 12.5 Å². The summed E-state index contributed by atoms with van der Waals surface area (Å²) in [5, 5.41) is 3.06. The largest absolute Gasteiger partial charge is 0.350 e. The molecule has 1 saturated carbocycles. The second kappa shape index (κ2) is 5.49. The second-order valence-corrected chi connectivity index (χ2v) is 5.41. The smallest absolute Gasteiger partial charge is 0.230 e. The van der Waals surface area contributed by atoms with Gasteiger partial charge in [0.1, 0.15) is 0 Å². The van der Waals surface area contributed by atoms with Gasteiger partial charge in [0.25, 0.3) is 0 Å². The van der Waals surface area contributed by atoms with E-state index in [2.05, 4.69) is 27.4 Å². The molecular weight excluding hydrogens is 250 g/mol. The zero-order valence-electron chi connectivity index (χ0n) is 11.4. The third kappa shape index (κ3) is 2.33. The van der Waals surface area contributed by atoms with Gasteiger partial charge in [-0.25, -0.2) is 4.98 Å². The topological polar surface area (TPSA) is 57.8 Å². The van der Waals surface area contributed by atoms with Gasteiger partial charge in [-0.05, 0) is 18.4 Å². The van der Waals surface area contributed by atoms with Crippen molar-refractivity contribution < 1.29 is 4.79 Å². The first-order valence-corrected chi connectivity index (χ1v) is 7.12. The van der Waals surface area contributed by atoms with Gasteiger partial charge in [0.05, 0.1) is 24.0 Å². The van der Waals surface area contributed by atoms with Gasteiger partial charge in [-0.1, -0.05) is 43.2 Å². The summed E-state index contributed by atoms with van der Waals surface area (Å²) in [6, 6.07) is 10.2. The molecule has 2 aromatic rings. The minimum Gasteiger partial charge on any atom is -0.350 e. The Balaban J connectivity index is 1.78. The van der Waals surface area contributed by atoms with Crippen LogP contribution in [-0.2, 0) is 16.8 Å². The van der Waals surface area contributed by atoms with Crippen LogP contribution in [0.25, 0.3) is 0 Å². The fourth-order valence-corrected chi connectivity index (χ4v) is 3.11. The maximum atomic E-state index is 12.7. The molecule has 0 unspecified atom stereocenters. The summed E-state index contributed by atoms with van der Waals surface area (Å²) in [4.78, 5) is 19.7. The molecule has 0 saturated heterocycles. The molecule has 4 nitrogen and oxygen atoms in total. The fourth-order valence-electron chi connectivity index (χ4n) is 3.11. The zero-order chi connectivity index (χ0) is 13.8. The summed E-state index contributed by atoms with van der Waals surface area (Å²) >= 11 is 0. The van der Waals surface area contributed by atoms with Crippen LogP contribution in [0.3, 0.4) is 0 Å². The molecule has 1 aliphatic rings. The number of nitrogens with one attached hydrogen (secondary N) is 2. The number of benzene rings is 1. The first-order chi connectivity index (χ1) is 9.81. The molecule has 3 rings (SSSR count). The summed E-state index contributed by atoms with van der Waals surface area (Å²) < 4.78 is 0. The third-order valence-corrected chi connectivity index (χ3v) is 4.21. The predicted molar refractivity (Wildman–Crippen MR) is 77.0 cm³/mol. The van der Waals surface area contributed by atoms with Gasteiger partial charge < -0.3 is 10.3 Å². The van der Waals surface area contributed by atoms with Crippen molar-refractivity contribution in [2.75, 3.05) is 0 Å². The van der Waals surface area contributed by atoms with Crippen molar-refractivity contribution in [2.24, 2.45) is 0 Å². The fraction of sp³-hybridized carbons (Fsp3) is 0.375. The quantitative estimate of drug-likeness (QED) is 0.896. The lowest BCUT2D eigenvalue weighted by Gasteiger charge is -2.28. The second-order valence-electron chi connectivity index (χ2n) is 5.41. The van der Waals surface area contributed by atoms with E-state index in [-0.39, 0.29) is 11.3 Å². The molecule has 1 aromatic carbocycles. The van der Waals surface area contributed by atoms with Crippen molar-refractivity contribution in [1.82, 2.24) is 15.3 Å². The summed E-state index contributed by atoms with van der Waals surface area (Å²) in [5.74, 6) is 0.135. The van der Waals surface area contributed by atoms with Crippen LogP contribution in [0.5, 0.6) is 0 Å². The molecule has 0 aliphatic heterocycles. The third-order valence-electron chi connectivity index (χ3n) is 4.21. The van der Waals surface area contributed by atoms with E-state index in [4.69, 9.17) is 0 Å². The van der Waals surface area contributed by atoms with Crippen LogP contribution in [-0.4, -0.2) is 15.9 Å². The lowest BCUT2D eigenvalue weighted by atomic mass is 9.78. The summed E-state index contributed by atoms with van der Waals surface area (Å²) in [6.07, 6.45) is 7.48. The number of carbonyl (C=O) groups excluding carboxylic acids is 1. The van der Waals surface area contributed by atoms with Crippen LogP contribution >= 0.6 is 0 Å². The van der Waals surface area contributed by atoms with Crippen LogP contribution < -0.4 is 5.32 Å². The van der Waals surface area contributed by atoms with Crippen LogP contribution in [0.15, 0.2) is 42.9 Å². The molecule has 104 valence electrons. The molecule has 1 fully saturated rings. The number of amides is 1. The Labute approximate surface area is 118 Å². The minimum absolute atomic E-state index is 0.135. The lowest BCUT2D eigenvalue weighted by molar-refractivity contribution is -0.126. The number of rotatable bonds is 4. The maximum Gasteiger partial charge on any atom is 0.230 e. The van der Waals surface area contributed by atoms with Crippen molar-refractivity contribution in [3.63, 3.8) is 0 Å². The van der Waals surface area contributed by atoms with E-state index in [0.29, 0.717) is 6.54 Å². The van der Waals surface area contributed by atoms with E-state index in [0.717, 1.165) is 36.9 Å². The standard InChI is InChI=1S/C16H19N3O/c20-15(18-11-14-10-17-12-19-14)16(8-4-5-9-16)13-6-2-1-3-7-13/h1-3,6-7,10,12H,4-5,8-9,11H2,(H,17,19)(H,18,20). The number of aromatic nitrogens is 2.